The smallest absolute Gasteiger partial charge is 0.262 e. The van der Waals surface area contributed by atoms with E-state index in [1.807, 2.05) is 37.3 Å². The third-order valence-electron chi connectivity index (χ3n) is 3.57. The lowest BCUT2D eigenvalue weighted by molar-refractivity contribution is -0.118. The van der Waals surface area contributed by atoms with E-state index in [4.69, 9.17) is 4.74 Å². The maximum Gasteiger partial charge on any atom is 0.262 e. The zero-order chi connectivity index (χ0) is 16.1. The Morgan fingerprint density at radius 3 is 2.59 bits per heavy atom. The van der Waals surface area contributed by atoms with Crippen LogP contribution in [0.15, 0.2) is 36.4 Å². The van der Waals surface area contributed by atoms with Gasteiger partial charge in [-0.05, 0) is 89.9 Å². The first kappa shape index (κ1) is 16.8. The molecular formula is C18H20INO2. The molecule has 2 aromatic rings. The predicted molar refractivity (Wildman–Crippen MR) is 98.6 cm³/mol. The molecule has 0 aliphatic rings. The number of halogens is 1. The number of aryl methyl sites for hydroxylation is 3. The quantitative estimate of drug-likeness (QED) is 0.740. The van der Waals surface area contributed by atoms with Crippen molar-refractivity contribution in [2.24, 2.45) is 0 Å². The van der Waals surface area contributed by atoms with E-state index in [-0.39, 0.29) is 12.5 Å². The van der Waals surface area contributed by atoms with Crippen molar-refractivity contribution in [3.05, 3.63) is 56.7 Å². The first-order valence-corrected chi connectivity index (χ1v) is 8.35. The molecule has 0 fully saturated rings. The van der Waals surface area contributed by atoms with Crippen LogP contribution >= 0.6 is 22.6 Å². The van der Waals surface area contributed by atoms with Gasteiger partial charge < -0.3 is 10.1 Å². The molecule has 1 amide bonds. The molecule has 22 heavy (non-hydrogen) atoms. The largest absolute Gasteiger partial charge is 0.484 e. The van der Waals surface area contributed by atoms with Crippen LogP contribution in [-0.2, 0) is 11.2 Å². The van der Waals surface area contributed by atoms with Crippen molar-refractivity contribution in [3.63, 3.8) is 0 Å². The van der Waals surface area contributed by atoms with E-state index in [0.717, 1.165) is 29.0 Å². The van der Waals surface area contributed by atoms with Gasteiger partial charge in [0.2, 0.25) is 0 Å². The minimum atomic E-state index is -0.144. The molecule has 0 atom stereocenters. The third kappa shape index (κ3) is 4.47. The SMILES string of the molecule is CCc1cc(I)ccc1NC(=O)COc1ccc(C)c(C)c1. The number of benzene rings is 2. The molecule has 0 radical (unpaired) electrons. The summed E-state index contributed by atoms with van der Waals surface area (Å²) >= 11 is 2.27. The van der Waals surface area contributed by atoms with E-state index >= 15 is 0 Å². The van der Waals surface area contributed by atoms with Crippen LogP contribution in [0.3, 0.4) is 0 Å². The summed E-state index contributed by atoms with van der Waals surface area (Å²) in [6.07, 6.45) is 0.879. The van der Waals surface area contributed by atoms with Gasteiger partial charge in [0, 0.05) is 9.26 Å². The van der Waals surface area contributed by atoms with Gasteiger partial charge in [-0.2, -0.15) is 0 Å². The monoisotopic (exact) mass is 409 g/mol. The van der Waals surface area contributed by atoms with Gasteiger partial charge in [-0.15, -0.1) is 0 Å². The summed E-state index contributed by atoms with van der Waals surface area (Å²) in [5.74, 6) is 0.575. The Kier molecular flexibility index (Phi) is 5.83. The zero-order valence-electron chi connectivity index (χ0n) is 13.1. The molecule has 3 nitrogen and oxygen atoms in total. The highest BCUT2D eigenvalue weighted by molar-refractivity contribution is 14.1. The first-order valence-electron chi connectivity index (χ1n) is 7.28. The Hall–Kier alpha value is -1.56. The number of amides is 1. The van der Waals surface area contributed by atoms with Gasteiger partial charge in [0.25, 0.3) is 5.91 Å². The molecule has 2 rings (SSSR count). The van der Waals surface area contributed by atoms with Crippen LogP contribution in [0.5, 0.6) is 5.75 Å². The minimum absolute atomic E-state index is 0.0115. The summed E-state index contributed by atoms with van der Waals surface area (Å²) in [7, 11) is 0. The summed E-state index contributed by atoms with van der Waals surface area (Å²) in [6, 6.07) is 11.8. The zero-order valence-corrected chi connectivity index (χ0v) is 15.2. The van der Waals surface area contributed by atoms with Gasteiger partial charge in [0.05, 0.1) is 0 Å². The Labute approximate surface area is 145 Å². The van der Waals surface area contributed by atoms with Crippen LogP contribution in [0.1, 0.15) is 23.6 Å². The van der Waals surface area contributed by atoms with Crippen molar-refractivity contribution >= 4 is 34.2 Å². The van der Waals surface area contributed by atoms with Gasteiger partial charge in [-0.25, -0.2) is 0 Å². The van der Waals surface area contributed by atoms with Crippen LogP contribution in [0, 0.1) is 17.4 Å². The van der Waals surface area contributed by atoms with Crippen molar-refractivity contribution in [2.45, 2.75) is 27.2 Å². The number of hydrogen-bond acceptors (Lipinski definition) is 2. The Morgan fingerprint density at radius 2 is 1.91 bits per heavy atom. The average molecular weight is 409 g/mol. The van der Waals surface area contributed by atoms with Gasteiger partial charge in [0.1, 0.15) is 5.75 Å². The second kappa shape index (κ2) is 7.63. The van der Waals surface area contributed by atoms with Gasteiger partial charge in [-0.1, -0.05) is 13.0 Å². The van der Waals surface area contributed by atoms with E-state index in [1.54, 1.807) is 0 Å². The van der Waals surface area contributed by atoms with Crippen LogP contribution in [0.2, 0.25) is 0 Å². The molecule has 4 heteroatoms. The molecule has 0 spiro atoms. The third-order valence-corrected chi connectivity index (χ3v) is 4.24. The van der Waals surface area contributed by atoms with Crippen LogP contribution < -0.4 is 10.1 Å². The number of carbonyl (C=O) groups is 1. The Bertz CT molecular complexity index is 683. The fourth-order valence-corrected chi connectivity index (χ4v) is 2.67. The Morgan fingerprint density at radius 1 is 1.14 bits per heavy atom. The van der Waals surface area contributed by atoms with Gasteiger partial charge in [-0.3, -0.25) is 4.79 Å². The lowest BCUT2D eigenvalue weighted by atomic mass is 10.1. The summed E-state index contributed by atoms with van der Waals surface area (Å²) in [6.45, 7) is 6.17. The topological polar surface area (TPSA) is 38.3 Å². The summed E-state index contributed by atoms with van der Waals surface area (Å²) in [5.41, 5.74) is 4.36. The molecular weight excluding hydrogens is 389 g/mol. The van der Waals surface area contributed by atoms with E-state index < -0.39 is 0 Å². The van der Waals surface area contributed by atoms with Crippen molar-refractivity contribution in [2.75, 3.05) is 11.9 Å². The molecule has 0 saturated carbocycles. The molecule has 1 N–H and O–H groups in total. The fraction of sp³-hybridized carbons (Fsp3) is 0.278. The number of hydrogen-bond donors (Lipinski definition) is 1. The van der Waals surface area contributed by atoms with Gasteiger partial charge >= 0.3 is 0 Å². The second-order valence-corrected chi connectivity index (χ2v) is 6.48. The molecule has 0 unspecified atom stereocenters. The van der Waals surface area contributed by atoms with Crippen LogP contribution in [0.25, 0.3) is 0 Å². The first-order chi connectivity index (χ1) is 10.5. The van der Waals surface area contributed by atoms with Crippen molar-refractivity contribution in [1.82, 2.24) is 0 Å². The summed E-state index contributed by atoms with van der Waals surface area (Å²) in [4.78, 5) is 12.1. The average Bonchev–Trinajstić information content (AvgIpc) is 2.50. The number of anilines is 1. The fourth-order valence-electron chi connectivity index (χ4n) is 2.12. The molecule has 0 aliphatic carbocycles. The van der Waals surface area contributed by atoms with Crippen LogP contribution in [0.4, 0.5) is 5.69 Å². The molecule has 116 valence electrons. The highest BCUT2D eigenvalue weighted by Crippen LogP contribution is 2.20. The number of rotatable bonds is 5. The second-order valence-electron chi connectivity index (χ2n) is 5.24. The molecule has 0 heterocycles. The molecule has 0 aliphatic heterocycles. The van der Waals surface area contributed by atoms with E-state index in [9.17, 15) is 4.79 Å². The Balaban J connectivity index is 1.97. The van der Waals surface area contributed by atoms with Gasteiger partial charge in [0.15, 0.2) is 6.61 Å². The summed E-state index contributed by atoms with van der Waals surface area (Å²) in [5, 5.41) is 2.92. The highest BCUT2D eigenvalue weighted by atomic mass is 127. The number of ether oxygens (including phenoxy) is 1. The summed E-state index contributed by atoms with van der Waals surface area (Å²) < 4.78 is 6.73. The lowest BCUT2D eigenvalue weighted by Gasteiger charge is -2.12. The molecule has 2 aromatic carbocycles. The molecule has 0 saturated heterocycles. The normalized spacial score (nSPS) is 10.4. The maximum atomic E-state index is 12.1. The van der Waals surface area contributed by atoms with Crippen LogP contribution in [-0.4, -0.2) is 12.5 Å². The van der Waals surface area contributed by atoms with E-state index in [0.29, 0.717) is 0 Å². The highest BCUT2D eigenvalue weighted by Gasteiger charge is 2.08. The maximum absolute atomic E-state index is 12.1. The molecule has 0 aromatic heterocycles. The number of nitrogens with one attached hydrogen (secondary N) is 1. The minimum Gasteiger partial charge on any atom is -0.484 e. The van der Waals surface area contributed by atoms with Crippen molar-refractivity contribution in [1.29, 1.82) is 0 Å². The standard InChI is InChI=1S/C18H20INO2/c1-4-14-10-15(19)6-8-17(14)20-18(21)11-22-16-7-5-12(2)13(3)9-16/h5-10H,4,11H2,1-3H3,(H,20,21). The van der Waals surface area contributed by atoms with E-state index in [1.165, 1.54) is 9.13 Å². The lowest BCUT2D eigenvalue weighted by Crippen LogP contribution is -2.21. The predicted octanol–water partition coefficient (Wildman–Crippen LogP) is 4.49. The molecule has 0 bridgehead atoms. The van der Waals surface area contributed by atoms with Crippen molar-refractivity contribution in [3.8, 4) is 5.75 Å². The van der Waals surface area contributed by atoms with E-state index in [2.05, 4.69) is 47.8 Å². The number of carbonyl (C=O) groups excluding carboxylic acids is 1. The van der Waals surface area contributed by atoms with Crippen molar-refractivity contribution < 1.29 is 9.53 Å².